The van der Waals surface area contributed by atoms with Gasteiger partial charge in [-0.3, -0.25) is 9.78 Å². The number of rotatable bonds is 4. The van der Waals surface area contributed by atoms with Crippen LogP contribution in [0.2, 0.25) is 0 Å². The van der Waals surface area contributed by atoms with Crippen LogP contribution in [0, 0.1) is 0 Å². The number of carbonyl (C=O) groups is 1. The number of aromatic nitrogens is 1. The Morgan fingerprint density at radius 2 is 2.29 bits per heavy atom. The molecule has 1 aromatic carbocycles. The summed E-state index contributed by atoms with van der Waals surface area (Å²) in [7, 11) is 1.50. The second kappa shape index (κ2) is 5.41. The fourth-order valence-corrected chi connectivity index (χ4v) is 1.62. The molecule has 17 heavy (non-hydrogen) atoms. The van der Waals surface area contributed by atoms with Crippen molar-refractivity contribution in [2.24, 2.45) is 0 Å². The second-order valence-electron chi connectivity index (χ2n) is 3.74. The minimum Gasteiger partial charge on any atom is -0.375 e. The zero-order chi connectivity index (χ0) is 12.1. The molecule has 1 heterocycles. The van der Waals surface area contributed by atoms with Crippen molar-refractivity contribution in [1.29, 1.82) is 0 Å². The van der Waals surface area contributed by atoms with Gasteiger partial charge in [-0.2, -0.15) is 0 Å². The Morgan fingerprint density at radius 3 is 3.12 bits per heavy atom. The molecule has 0 spiro atoms. The number of fused-ring (bicyclic) bond motifs is 1. The molecule has 4 nitrogen and oxygen atoms in total. The van der Waals surface area contributed by atoms with Gasteiger partial charge in [-0.1, -0.05) is 12.1 Å². The first kappa shape index (κ1) is 11.5. The van der Waals surface area contributed by atoms with Gasteiger partial charge < -0.3 is 10.1 Å². The van der Waals surface area contributed by atoms with Crippen LogP contribution in [0.5, 0.6) is 0 Å². The van der Waals surface area contributed by atoms with Crippen molar-refractivity contribution in [3.63, 3.8) is 0 Å². The summed E-state index contributed by atoms with van der Waals surface area (Å²) < 4.78 is 4.74. The molecule has 1 amide bonds. The first-order valence-electron chi connectivity index (χ1n) is 5.39. The highest BCUT2D eigenvalue weighted by molar-refractivity contribution is 5.79. The van der Waals surface area contributed by atoms with Crippen LogP contribution in [0.3, 0.4) is 0 Å². The highest BCUT2D eigenvalue weighted by Crippen LogP contribution is 2.12. The Hall–Kier alpha value is -1.94. The topological polar surface area (TPSA) is 51.2 Å². The first-order valence-corrected chi connectivity index (χ1v) is 5.39. The number of benzene rings is 1. The molecule has 0 radical (unpaired) electrons. The molecule has 0 aliphatic carbocycles. The number of nitrogens with one attached hydrogen (secondary N) is 1. The van der Waals surface area contributed by atoms with E-state index in [0.717, 1.165) is 16.5 Å². The summed E-state index contributed by atoms with van der Waals surface area (Å²) in [5.74, 6) is -0.112. The van der Waals surface area contributed by atoms with E-state index >= 15 is 0 Å². The lowest BCUT2D eigenvalue weighted by molar-refractivity contribution is -0.124. The first-order chi connectivity index (χ1) is 8.29. The monoisotopic (exact) mass is 230 g/mol. The van der Waals surface area contributed by atoms with E-state index < -0.39 is 0 Å². The number of carbonyl (C=O) groups excluding carboxylic acids is 1. The molecule has 0 unspecified atom stereocenters. The third-order valence-corrected chi connectivity index (χ3v) is 2.43. The van der Waals surface area contributed by atoms with Gasteiger partial charge in [0.25, 0.3) is 0 Å². The third kappa shape index (κ3) is 3.01. The molecule has 1 aromatic heterocycles. The zero-order valence-corrected chi connectivity index (χ0v) is 9.64. The third-order valence-electron chi connectivity index (χ3n) is 2.43. The van der Waals surface area contributed by atoms with Crippen LogP contribution in [-0.2, 0) is 16.1 Å². The van der Waals surface area contributed by atoms with E-state index in [4.69, 9.17) is 4.74 Å². The standard InChI is InChI=1S/C13H14N2O2/c1-17-9-13(16)15-8-10-4-5-12-11(7-10)3-2-6-14-12/h2-7H,8-9H2,1H3,(H,15,16). The van der Waals surface area contributed by atoms with Crippen molar-refractivity contribution in [2.75, 3.05) is 13.7 Å². The number of hydrogen-bond donors (Lipinski definition) is 1. The van der Waals surface area contributed by atoms with Crippen molar-refractivity contribution >= 4 is 16.8 Å². The van der Waals surface area contributed by atoms with Gasteiger partial charge in [-0.05, 0) is 23.8 Å². The maximum atomic E-state index is 11.2. The summed E-state index contributed by atoms with van der Waals surface area (Å²) in [4.78, 5) is 15.5. The summed E-state index contributed by atoms with van der Waals surface area (Å²) in [5.41, 5.74) is 2.01. The van der Waals surface area contributed by atoms with E-state index in [9.17, 15) is 4.79 Å². The predicted octanol–water partition coefficient (Wildman–Crippen LogP) is 1.50. The Morgan fingerprint density at radius 1 is 1.41 bits per heavy atom. The Kier molecular flexibility index (Phi) is 3.67. The number of pyridine rings is 1. The average Bonchev–Trinajstić information content (AvgIpc) is 2.36. The van der Waals surface area contributed by atoms with Crippen LogP contribution >= 0.6 is 0 Å². The Labute approximate surface area is 99.6 Å². The maximum absolute atomic E-state index is 11.2. The van der Waals surface area contributed by atoms with Crippen LogP contribution in [0.25, 0.3) is 10.9 Å². The lowest BCUT2D eigenvalue weighted by atomic mass is 10.1. The van der Waals surface area contributed by atoms with Gasteiger partial charge >= 0.3 is 0 Å². The molecule has 4 heteroatoms. The Bertz CT molecular complexity index is 526. The van der Waals surface area contributed by atoms with Crippen LogP contribution in [0.4, 0.5) is 0 Å². The van der Waals surface area contributed by atoms with E-state index in [-0.39, 0.29) is 12.5 Å². The maximum Gasteiger partial charge on any atom is 0.246 e. The molecule has 2 aromatic rings. The predicted molar refractivity (Wildman–Crippen MR) is 65.5 cm³/mol. The highest BCUT2D eigenvalue weighted by Gasteiger charge is 2.01. The number of methoxy groups -OCH3 is 1. The average molecular weight is 230 g/mol. The molecular formula is C13H14N2O2. The molecule has 2 rings (SSSR count). The highest BCUT2D eigenvalue weighted by atomic mass is 16.5. The summed E-state index contributed by atoms with van der Waals surface area (Å²) in [6, 6.07) is 9.84. The molecule has 0 bridgehead atoms. The fourth-order valence-electron chi connectivity index (χ4n) is 1.62. The number of amides is 1. The van der Waals surface area contributed by atoms with Gasteiger partial charge in [0.15, 0.2) is 0 Å². The van der Waals surface area contributed by atoms with Gasteiger partial charge in [-0.25, -0.2) is 0 Å². The van der Waals surface area contributed by atoms with Crippen molar-refractivity contribution in [3.8, 4) is 0 Å². The van der Waals surface area contributed by atoms with Gasteiger partial charge in [0.2, 0.25) is 5.91 Å². The summed E-state index contributed by atoms with van der Waals surface area (Å²) in [5, 5.41) is 3.86. The molecule has 0 saturated heterocycles. The molecule has 0 fully saturated rings. The zero-order valence-electron chi connectivity index (χ0n) is 9.64. The number of ether oxygens (including phenoxy) is 1. The fraction of sp³-hybridized carbons (Fsp3) is 0.231. The quantitative estimate of drug-likeness (QED) is 0.866. The second-order valence-corrected chi connectivity index (χ2v) is 3.74. The summed E-state index contributed by atoms with van der Waals surface area (Å²) in [6.07, 6.45) is 1.77. The van der Waals surface area contributed by atoms with Crippen molar-refractivity contribution in [3.05, 3.63) is 42.1 Å². The molecular weight excluding hydrogens is 216 g/mol. The SMILES string of the molecule is COCC(=O)NCc1ccc2ncccc2c1. The number of nitrogens with zero attached hydrogens (tertiary/aromatic N) is 1. The van der Waals surface area contributed by atoms with E-state index in [0.29, 0.717) is 6.54 Å². The van der Waals surface area contributed by atoms with Crippen molar-refractivity contribution in [2.45, 2.75) is 6.54 Å². The minimum absolute atomic E-state index is 0.0924. The van der Waals surface area contributed by atoms with E-state index in [1.807, 2.05) is 30.3 Å². The van der Waals surface area contributed by atoms with Crippen molar-refractivity contribution < 1.29 is 9.53 Å². The molecule has 0 aliphatic heterocycles. The lowest BCUT2D eigenvalue weighted by Crippen LogP contribution is -2.26. The van der Waals surface area contributed by atoms with Crippen LogP contribution < -0.4 is 5.32 Å². The van der Waals surface area contributed by atoms with Gasteiger partial charge in [0, 0.05) is 25.2 Å². The molecule has 88 valence electrons. The summed E-state index contributed by atoms with van der Waals surface area (Å²) in [6.45, 7) is 0.599. The molecule has 0 aliphatic rings. The van der Waals surface area contributed by atoms with E-state index in [1.54, 1.807) is 6.20 Å². The van der Waals surface area contributed by atoms with Crippen LogP contribution in [0.15, 0.2) is 36.5 Å². The van der Waals surface area contributed by atoms with Crippen molar-refractivity contribution in [1.82, 2.24) is 10.3 Å². The molecule has 0 atom stereocenters. The van der Waals surface area contributed by atoms with Crippen LogP contribution in [-0.4, -0.2) is 24.6 Å². The molecule has 0 saturated carbocycles. The van der Waals surface area contributed by atoms with E-state index in [1.165, 1.54) is 7.11 Å². The van der Waals surface area contributed by atoms with Gasteiger partial charge in [-0.15, -0.1) is 0 Å². The largest absolute Gasteiger partial charge is 0.375 e. The van der Waals surface area contributed by atoms with Gasteiger partial charge in [0.1, 0.15) is 6.61 Å². The van der Waals surface area contributed by atoms with Crippen LogP contribution in [0.1, 0.15) is 5.56 Å². The minimum atomic E-state index is -0.112. The molecule has 1 N–H and O–H groups in total. The van der Waals surface area contributed by atoms with E-state index in [2.05, 4.69) is 10.3 Å². The normalized spacial score (nSPS) is 10.4. The smallest absolute Gasteiger partial charge is 0.246 e. The lowest BCUT2D eigenvalue weighted by Gasteiger charge is -2.05. The number of hydrogen-bond acceptors (Lipinski definition) is 3. The van der Waals surface area contributed by atoms with Gasteiger partial charge in [0.05, 0.1) is 5.52 Å². The summed E-state index contributed by atoms with van der Waals surface area (Å²) >= 11 is 0. The Balaban J connectivity index is 2.06.